The Morgan fingerprint density at radius 3 is 2.65 bits per heavy atom. The molecule has 2 aromatic rings. The van der Waals surface area contributed by atoms with Crippen molar-refractivity contribution in [2.24, 2.45) is 10.9 Å². The summed E-state index contributed by atoms with van der Waals surface area (Å²) in [5, 5.41) is 11.5. The molecule has 104 valence electrons. The highest BCUT2D eigenvalue weighted by molar-refractivity contribution is 5.95. The highest BCUT2D eigenvalue weighted by atomic mass is 16.5. The first kappa shape index (κ1) is 13.9. The number of aryl methyl sites for hydroxylation is 1. The smallest absolute Gasteiger partial charge is 0.219 e. The molecule has 0 aliphatic rings. The molecular formula is C15H17N3O2. The van der Waals surface area contributed by atoms with Gasteiger partial charge in [-0.2, -0.15) is 0 Å². The van der Waals surface area contributed by atoms with Crippen molar-refractivity contribution in [3.05, 3.63) is 53.7 Å². The molecule has 0 spiro atoms. The van der Waals surface area contributed by atoms with Crippen LogP contribution in [0.3, 0.4) is 0 Å². The molecule has 0 aliphatic heterocycles. The molecule has 0 atom stereocenters. The van der Waals surface area contributed by atoms with Gasteiger partial charge in [-0.3, -0.25) is 0 Å². The van der Waals surface area contributed by atoms with Gasteiger partial charge >= 0.3 is 0 Å². The SMILES string of the molecule is CCCc1ccc(Oc2cccc(C(N)=NO)n2)cc1. The van der Waals surface area contributed by atoms with Crippen LogP contribution in [0.4, 0.5) is 0 Å². The minimum absolute atomic E-state index is 0.0475. The summed E-state index contributed by atoms with van der Waals surface area (Å²) in [5.41, 5.74) is 7.14. The van der Waals surface area contributed by atoms with Crippen LogP contribution in [0.5, 0.6) is 11.6 Å². The maximum atomic E-state index is 8.63. The number of aromatic nitrogens is 1. The number of amidine groups is 1. The average molecular weight is 271 g/mol. The molecule has 5 heteroatoms. The zero-order chi connectivity index (χ0) is 14.4. The summed E-state index contributed by atoms with van der Waals surface area (Å²) >= 11 is 0. The van der Waals surface area contributed by atoms with E-state index in [1.807, 2.05) is 24.3 Å². The van der Waals surface area contributed by atoms with E-state index in [2.05, 4.69) is 17.1 Å². The lowest BCUT2D eigenvalue weighted by atomic mass is 10.1. The Morgan fingerprint density at radius 1 is 1.25 bits per heavy atom. The fourth-order valence-corrected chi connectivity index (χ4v) is 1.80. The Kier molecular flexibility index (Phi) is 4.55. The predicted molar refractivity (Wildman–Crippen MR) is 77.3 cm³/mol. The van der Waals surface area contributed by atoms with Crippen LogP contribution >= 0.6 is 0 Å². The minimum Gasteiger partial charge on any atom is -0.439 e. The molecule has 5 nitrogen and oxygen atoms in total. The third-order valence-corrected chi connectivity index (χ3v) is 2.78. The largest absolute Gasteiger partial charge is 0.439 e. The molecule has 0 unspecified atom stereocenters. The van der Waals surface area contributed by atoms with Crippen LogP contribution in [0, 0.1) is 0 Å². The van der Waals surface area contributed by atoms with Crippen LogP contribution in [0.25, 0.3) is 0 Å². The van der Waals surface area contributed by atoms with Crippen LogP contribution in [-0.2, 0) is 6.42 Å². The maximum absolute atomic E-state index is 8.63. The van der Waals surface area contributed by atoms with E-state index in [0.29, 0.717) is 17.3 Å². The Labute approximate surface area is 117 Å². The second kappa shape index (κ2) is 6.56. The second-order valence-electron chi connectivity index (χ2n) is 4.34. The number of oxime groups is 1. The zero-order valence-electron chi connectivity index (χ0n) is 11.3. The molecule has 0 amide bonds. The summed E-state index contributed by atoms with van der Waals surface area (Å²) in [7, 11) is 0. The van der Waals surface area contributed by atoms with Crippen LogP contribution in [0.2, 0.25) is 0 Å². The van der Waals surface area contributed by atoms with E-state index in [0.717, 1.165) is 12.8 Å². The molecule has 1 heterocycles. The lowest BCUT2D eigenvalue weighted by Gasteiger charge is -2.07. The summed E-state index contributed by atoms with van der Waals surface area (Å²) in [5.74, 6) is 1.06. The van der Waals surface area contributed by atoms with E-state index < -0.39 is 0 Å². The summed E-state index contributed by atoms with van der Waals surface area (Å²) in [6, 6.07) is 13.0. The van der Waals surface area contributed by atoms with Gasteiger partial charge in [-0.25, -0.2) is 4.98 Å². The van der Waals surface area contributed by atoms with Gasteiger partial charge in [0.15, 0.2) is 5.84 Å². The fraction of sp³-hybridized carbons (Fsp3) is 0.200. The molecule has 0 saturated heterocycles. The first-order valence-corrected chi connectivity index (χ1v) is 6.44. The van der Waals surface area contributed by atoms with Crippen LogP contribution in [0.1, 0.15) is 24.6 Å². The average Bonchev–Trinajstić information content (AvgIpc) is 2.49. The first-order chi connectivity index (χ1) is 9.72. The summed E-state index contributed by atoms with van der Waals surface area (Å²) < 4.78 is 5.64. The van der Waals surface area contributed by atoms with Gasteiger partial charge in [-0.1, -0.05) is 36.7 Å². The van der Waals surface area contributed by atoms with Crippen molar-refractivity contribution in [1.29, 1.82) is 0 Å². The topological polar surface area (TPSA) is 80.7 Å². The predicted octanol–water partition coefficient (Wildman–Crippen LogP) is 2.92. The number of ether oxygens (including phenoxy) is 1. The lowest BCUT2D eigenvalue weighted by Crippen LogP contribution is -2.14. The quantitative estimate of drug-likeness (QED) is 0.379. The van der Waals surface area contributed by atoms with Crippen molar-refractivity contribution in [3.8, 4) is 11.6 Å². The molecule has 0 fully saturated rings. The number of hydrogen-bond donors (Lipinski definition) is 2. The number of nitrogens with two attached hydrogens (primary N) is 1. The number of benzene rings is 1. The number of rotatable bonds is 5. The van der Waals surface area contributed by atoms with E-state index >= 15 is 0 Å². The first-order valence-electron chi connectivity index (χ1n) is 6.44. The molecule has 20 heavy (non-hydrogen) atoms. The van der Waals surface area contributed by atoms with Crippen LogP contribution < -0.4 is 10.5 Å². The monoisotopic (exact) mass is 271 g/mol. The second-order valence-corrected chi connectivity index (χ2v) is 4.34. The van der Waals surface area contributed by atoms with Crippen molar-refractivity contribution in [2.45, 2.75) is 19.8 Å². The fourth-order valence-electron chi connectivity index (χ4n) is 1.80. The minimum atomic E-state index is -0.0475. The molecule has 3 N–H and O–H groups in total. The Hall–Kier alpha value is -2.56. The van der Waals surface area contributed by atoms with Crippen LogP contribution in [0.15, 0.2) is 47.6 Å². The van der Waals surface area contributed by atoms with Crippen molar-refractivity contribution in [3.63, 3.8) is 0 Å². The van der Waals surface area contributed by atoms with Crippen LogP contribution in [-0.4, -0.2) is 16.0 Å². The van der Waals surface area contributed by atoms with E-state index in [1.54, 1.807) is 18.2 Å². The van der Waals surface area contributed by atoms with Gasteiger partial charge in [0.1, 0.15) is 11.4 Å². The van der Waals surface area contributed by atoms with Gasteiger partial charge in [0.25, 0.3) is 0 Å². The van der Waals surface area contributed by atoms with Gasteiger partial charge in [-0.05, 0) is 30.2 Å². The van der Waals surface area contributed by atoms with Crippen molar-refractivity contribution in [1.82, 2.24) is 4.98 Å². The van der Waals surface area contributed by atoms with Gasteiger partial charge in [-0.15, -0.1) is 0 Å². The molecule has 1 aromatic heterocycles. The molecule has 1 aromatic carbocycles. The Balaban J connectivity index is 2.13. The van der Waals surface area contributed by atoms with E-state index in [1.165, 1.54) is 5.56 Å². The van der Waals surface area contributed by atoms with Crippen molar-refractivity contribution in [2.75, 3.05) is 0 Å². The van der Waals surface area contributed by atoms with Gasteiger partial charge in [0.2, 0.25) is 5.88 Å². The molecular weight excluding hydrogens is 254 g/mol. The summed E-state index contributed by atoms with van der Waals surface area (Å²) in [4.78, 5) is 4.16. The van der Waals surface area contributed by atoms with Crippen molar-refractivity contribution < 1.29 is 9.94 Å². The summed E-state index contributed by atoms with van der Waals surface area (Å²) in [6.45, 7) is 2.15. The number of pyridine rings is 1. The summed E-state index contributed by atoms with van der Waals surface area (Å²) in [6.07, 6.45) is 2.17. The highest BCUT2D eigenvalue weighted by Gasteiger charge is 2.04. The number of nitrogens with zero attached hydrogens (tertiary/aromatic N) is 2. The maximum Gasteiger partial charge on any atom is 0.219 e. The van der Waals surface area contributed by atoms with Crippen molar-refractivity contribution >= 4 is 5.84 Å². The van der Waals surface area contributed by atoms with E-state index in [9.17, 15) is 0 Å². The molecule has 0 saturated carbocycles. The van der Waals surface area contributed by atoms with Gasteiger partial charge < -0.3 is 15.7 Å². The van der Waals surface area contributed by atoms with Gasteiger partial charge in [0, 0.05) is 6.07 Å². The van der Waals surface area contributed by atoms with E-state index in [4.69, 9.17) is 15.7 Å². The lowest BCUT2D eigenvalue weighted by molar-refractivity contribution is 0.318. The zero-order valence-corrected chi connectivity index (χ0v) is 11.3. The highest BCUT2D eigenvalue weighted by Crippen LogP contribution is 2.20. The normalized spacial score (nSPS) is 11.3. The molecule has 2 rings (SSSR count). The molecule has 0 bridgehead atoms. The molecule has 0 radical (unpaired) electrons. The standard InChI is InChI=1S/C15H17N3O2/c1-2-4-11-7-9-12(10-8-11)20-14-6-3-5-13(17-14)15(16)18-19/h3,5-10,19H,2,4H2,1H3,(H2,16,18). The third kappa shape index (κ3) is 3.47. The van der Waals surface area contributed by atoms with E-state index in [-0.39, 0.29) is 5.84 Å². The Bertz CT molecular complexity index is 594. The Morgan fingerprint density at radius 2 is 2.00 bits per heavy atom. The van der Waals surface area contributed by atoms with Gasteiger partial charge in [0.05, 0.1) is 0 Å². The third-order valence-electron chi connectivity index (χ3n) is 2.78. The number of hydrogen-bond acceptors (Lipinski definition) is 4. The molecule has 0 aliphatic carbocycles.